The van der Waals surface area contributed by atoms with Gasteiger partial charge in [0.25, 0.3) is 0 Å². The van der Waals surface area contributed by atoms with Crippen LogP contribution in [0.25, 0.3) is 0 Å². The highest BCUT2D eigenvalue weighted by atomic mass is 127. The van der Waals surface area contributed by atoms with Gasteiger partial charge in [0.05, 0.1) is 6.61 Å². The maximum absolute atomic E-state index is 5.77. The van der Waals surface area contributed by atoms with Crippen LogP contribution in [0.5, 0.6) is 5.75 Å². The van der Waals surface area contributed by atoms with Crippen molar-refractivity contribution in [3.05, 3.63) is 29.8 Å². The first kappa shape index (κ1) is 24.0. The van der Waals surface area contributed by atoms with Crippen LogP contribution in [0.4, 0.5) is 0 Å². The molecule has 0 atom stereocenters. The van der Waals surface area contributed by atoms with Crippen LogP contribution in [0.1, 0.15) is 45.6 Å². The van der Waals surface area contributed by atoms with Crippen molar-refractivity contribution in [1.82, 2.24) is 15.5 Å². The first-order valence-corrected chi connectivity index (χ1v) is 10.1. The summed E-state index contributed by atoms with van der Waals surface area (Å²) in [6.45, 7) is 13.4. The van der Waals surface area contributed by atoms with E-state index in [0.29, 0.717) is 18.7 Å². The highest BCUT2D eigenvalue weighted by Gasteiger charge is 2.21. The van der Waals surface area contributed by atoms with Gasteiger partial charge >= 0.3 is 0 Å². The lowest BCUT2D eigenvalue weighted by atomic mass is 10.0. The number of ether oxygens (including phenoxy) is 1. The van der Waals surface area contributed by atoms with E-state index in [0.717, 1.165) is 31.2 Å². The van der Waals surface area contributed by atoms with Crippen molar-refractivity contribution in [2.75, 3.05) is 32.8 Å². The molecule has 0 spiro atoms. The maximum Gasteiger partial charge on any atom is 0.191 e. The molecule has 0 unspecified atom stereocenters. The molecule has 1 aromatic rings. The Kier molecular flexibility index (Phi) is 11.7. The fourth-order valence-corrected chi connectivity index (χ4v) is 3.15. The van der Waals surface area contributed by atoms with Crippen LogP contribution < -0.4 is 15.4 Å². The van der Waals surface area contributed by atoms with Gasteiger partial charge < -0.3 is 20.3 Å². The largest absolute Gasteiger partial charge is 0.494 e. The summed E-state index contributed by atoms with van der Waals surface area (Å²) in [5.41, 5.74) is 1.25. The number of aryl methyl sites for hydroxylation is 1. The van der Waals surface area contributed by atoms with Crippen molar-refractivity contribution in [2.45, 2.75) is 59.0 Å². The predicted molar refractivity (Wildman–Crippen MR) is 126 cm³/mol. The third-order valence-corrected chi connectivity index (χ3v) is 4.81. The molecule has 6 heteroatoms. The molecule has 0 aliphatic carbocycles. The summed E-state index contributed by atoms with van der Waals surface area (Å²) in [6, 6.07) is 9.36. The minimum atomic E-state index is 0. The van der Waals surface area contributed by atoms with Crippen LogP contribution in [0, 0.1) is 6.92 Å². The number of likely N-dealkylation sites (tertiary alicyclic amines) is 1. The van der Waals surface area contributed by atoms with E-state index >= 15 is 0 Å². The second-order valence-electron chi connectivity index (χ2n) is 7.32. The Balaban J connectivity index is 0.00000364. The number of rotatable bonds is 8. The van der Waals surface area contributed by atoms with Gasteiger partial charge in [-0.05, 0) is 52.7 Å². The third-order valence-electron chi connectivity index (χ3n) is 4.81. The number of guanidine groups is 1. The van der Waals surface area contributed by atoms with Crippen LogP contribution in [-0.2, 0) is 0 Å². The van der Waals surface area contributed by atoms with E-state index in [9.17, 15) is 0 Å². The number of halogens is 1. The summed E-state index contributed by atoms with van der Waals surface area (Å²) in [6.07, 6.45) is 3.27. The fourth-order valence-electron chi connectivity index (χ4n) is 3.15. The van der Waals surface area contributed by atoms with Gasteiger partial charge in [0.15, 0.2) is 5.96 Å². The van der Waals surface area contributed by atoms with Crippen molar-refractivity contribution in [2.24, 2.45) is 4.99 Å². The Bertz CT molecular complexity index is 540. The van der Waals surface area contributed by atoms with Gasteiger partial charge in [0, 0.05) is 44.7 Å². The Labute approximate surface area is 182 Å². The lowest BCUT2D eigenvalue weighted by Crippen LogP contribution is -2.49. The summed E-state index contributed by atoms with van der Waals surface area (Å²) < 4.78 is 5.77. The van der Waals surface area contributed by atoms with E-state index in [1.54, 1.807) is 0 Å². The van der Waals surface area contributed by atoms with Gasteiger partial charge in [-0.1, -0.05) is 17.7 Å². The molecular weight excluding hydrogens is 451 g/mol. The van der Waals surface area contributed by atoms with E-state index in [1.165, 1.54) is 31.5 Å². The number of piperidine rings is 1. The van der Waals surface area contributed by atoms with Crippen LogP contribution in [0.2, 0.25) is 0 Å². The molecule has 1 aliphatic heterocycles. The zero-order valence-corrected chi connectivity index (χ0v) is 19.7. The number of benzene rings is 1. The summed E-state index contributed by atoms with van der Waals surface area (Å²) in [5, 5.41) is 6.97. The quantitative estimate of drug-likeness (QED) is 0.253. The summed E-state index contributed by atoms with van der Waals surface area (Å²) in [7, 11) is 0. The van der Waals surface area contributed by atoms with Gasteiger partial charge in [0.1, 0.15) is 5.75 Å². The van der Waals surface area contributed by atoms with E-state index in [-0.39, 0.29) is 24.0 Å². The predicted octanol–water partition coefficient (Wildman–Crippen LogP) is 3.81. The van der Waals surface area contributed by atoms with Crippen LogP contribution in [-0.4, -0.2) is 55.7 Å². The van der Waals surface area contributed by atoms with Crippen molar-refractivity contribution < 1.29 is 4.74 Å². The Morgan fingerprint density at radius 3 is 2.48 bits per heavy atom. The van der Waals surface area contributed by atoms with E-state index < -0.39 is 0 Å². The van der Waals surface area contributed by atoms with E-state index in [1.807, 2.05) is 12.1 Å². The molecular formula is C21H37IN4O. The van der Waals surface area contributed by atoms with E-state index in [4.69, 9.17) is 9.73 Å². The fraction of sp³-hybridized carbons (Fsp3) is 0.667. The number of nitrogens with zero attached hydrogens (tertiary/aromatic N) is 2. The molecule has 1 heterocycles. The molecule has 0 radical (unpaired) electrons. The molecule has 2 rings (SSSR count). The first-order chi connectivity index (χ1) is 12.6. The van der Waals surface area contributed by atoms with Crippen molar-refractivity contribution >= 4 is 29.9 Å². The van der Waals surface area contributed by atoms with Gasteiger partial charge in [-0.25, -0.2) is 0 Å². The lowest BCUT2D eigenvalue weighted by Gasteiger charge is -2.35. The normalized spacial score (nSPS) is 16.1. The SMILES string of the molecule is CCNC(=NCCCOc1ccc(C)cc1)NC1CCN(C(C)C)CC1.I. The van der Waals surface area contributed by atoms with Crippen LogP contribution in [0.3, 0.4) is 0 Å². The zero-order valence-electron chi connectivity index (χ0n) is 17.3. The molecule has 0 amide bonds. The maximum atomic E-state index is 5.77. The molecule has 154 valence electrons. The monoisotopic (exact) mass is 488 g/mol. The smallest absolute Gasteiger partial charge is 0.191 e. The Morgan fingerprint density at radius 1 is 1.22 bits per heavy atom. The number of hydrogen-bond donors (Lipinski definition) is 2. The molecule has 27 heavy (non-hydrogen) atoms. The topological polar surface area (TPSA) is 48.9 Å². The minimum Gasteiger partial charge on any atom is -0.494 e. The molecule has 1 aliphatic rings. The highest BCUT2D eigenvalue weighted by molar-refractivity contribution is 14.0. The summed E-state index contributed by atoms with van der Waals surface area (Å²) in [4.78, 5) is 7.25. The summed E-state index contributed by atoms with van der Waals surface area (Å²) >= 11 is 0. The second kappa shape index (κ2) is 13.2. The number of nitrogens with one attached hydrogen (secondary N) is 2. The van der Waals surface area contributed by atoms with Crippen molar-refractivity contribution in [1.29, 1.82) is 0 Å². The average molecular weight is 488 g/mol. The highest BCUT2D eigenvalue weighted by Crippen LogP contribution is 2.13. The minimum absolute atomic E-state index is 0. The Hall–Kier alpha value is -1.02. The van der Waals surface area contributed by atoms with Crippen molar-refractivity contribution in [3.63, 3.8) is 0 Å². The number of hydrogen-bond acceptors (Lipinski definition) is 3. The number of aliphatic imine (C=N–C) groups is 1. The van der Waals surface area contributed by atoms with Gasteiger partial charge in [-0.3, -0.25) is 4.99 Å². The zero-order chi connectivity index (χ0) is 18.8. The molecule has 0 saturated carbocycles. The first-order valence-electron chi connectivity index (χ1n) is 10.1. The second-order valence-corrected chi connectivity index (χ2v) is 7.32. The van der Waals surface area contributed by atoms with Gasteiger partial charge in [-0.15, -0.1) is 24.0 Å². The molecule has 5 nitrogen and oxygen atoms in total. The van der Waals surface area contributed by atoms with Crippen LogP contribution >= 0.6 is 24.0 Å². The van der Waals surface area contributed by atoms with Gasteiger partial charge in [-0.2, -0.15) is 0 Å². The average Bonchev–Trinajstić information content (AvgIpc) is 2.63. The summed E-state index contributed by atoms with van der Waals surface area (Å²) in [5.74, 6) is 1.87. The molecule has 1 aromatic carbocycles. The molecule has 0 bridgehead atoms. The lowest BCUT2D eigenvalue weighted by molar-refractivity contribution is 0.167. The standard InChI is InChI=1S/C21H36N4O.HI/c1-5-22-21(24-19-11-14-25(15-12-19)17(2)3)23-13-6-16-26-20-9-7-18(4)8-10-20;/h7-10,17,19H,5-6,11-16H2,1-4H3,(H2,22,23,24);1H. The van der Waals surface area contributed by atoms with Gasteiger partial charge in [0.2, 0.25) is 0 Å². The molecule has 0 aromatic heterocycles. The van der Waals surface area contributed by atoms with Crippen molar-refractivity contribution in [3.8, 4) is 5.75 Å². The molecule has 1 fully saturated rings. The third kappa shape index (κ3) is 9.14. The van der Waals surface area contributed by atoms with E-state index in [2.05, 4.69) is 55.4 Å². The van der Waals surface area contributed by atoms with Crippen LogP contribution in [0.15, 0.2) is 29.3 Å². The molecule has 2 N–H and O–H groups in total. The Morgan fingerprint density at radius 2 is 1.89 bits per heavy atom. The molecule has 1 saturated heterocycles.